The smallest absolute Gasteiger partial charge is 0.0853 e. The Hall–Kier alpha value is 0.650. The number of halogens is 1. The molecule has 2 nitrogen and oxygen atoms in total. The zero-order chi connectivity index (χ0) is 10.3. The van der Waals surface area contributed by atoms with Crippen molar-refractivity contribution in [3.05, 3.63) is 0 Å². The van der Waals surface area contributed by atoms with E-state index in [9.17, 15) is 0 Å². The Kier molecular flexibility index (Phi) is 10.9. The van der Waals surface area contributed by atoms with E-state index in [2.05, 4.69) is 40.4 Å². The molecule has 0 aliphatic heterocycles. The molecule has 0 aromatic rings. The van der Waals surface area contributed by atoms with Crippen molar-refractivity contribution in [3.8, 4) is 0 Å². The monoisotopic (exact) mass is 314 g/mol. The molecule has 0 saturated carbocycles. The van der Waals surface area contributed by atoms with Crippen LogP contribution in [0.15, 0.2) is 0 Å². The maximum Gasteiger partial charge on any atom is 0.0853 e. The van der Waals surface area contributed by atoms with Crippen LogP contribution in [0.3, 0.4) is 0 Å². The minimum absolute atomic E-state index is 0. The van der Waals surface area contributed by atoms with Crippen LogP contribution in [0.1, 0.15) is 39.5 Å². The molecule has 1 N–H and O–H groups in total. The summed E-state index contributed by atoms with van der Waals surface area (Å²) in [4.78, 5) is 0. The number of nitrogens with one attached hydrogen (secondary N) is 1. The highest BCUT2D eigenvalue weighted by Crippen LogP contribution is 2.07. The predicted molar refractivity (Wildman–Crippen MR) is 59.3 cm³/mol. The van der Waals surface area contributed by atoms with Gasteiger partial charge in [-0.3, -0.25) is 4.59 Å². The number of hydrogen-bond acceptors (Lipinski definition) is 1. The van der Waals surface area contributed by atoms with Gasteiger partial charge in [-0.1, -0.05) is 33.1 Å². The summed E-state index contributed by atoms with van der Waals surface area (Å²) in [5.74, 6) is 0.867. The van der Waals surface area contributed by atoms with Gasteiger partial charge in [0.1, 0.15) is 0 Å². The molecule has 0 atom stereocenters. The van der Waals surface area contributed by atoms with Crippen LogP contribution < -0.4 is 29.4 Å². The highest BCUT2D eigenvalue weighted by Gasteiger charge is 2.03. The SMILES string of the molecule is CC(C)CCCCCN[N+](C)(C)C.[I-]. The maximum absolute atomic E-state index is 3.45. The van der Waals surface area contributed by atoms with Gasteiger partial charge in [0.25, 0.3) is 0 Å². The molecule has 0 heterocycles. The quantitative estimate of drug-likeness (QED) is 0.287. The second-order valence-electron chi connectivity index (χ2n) is 5.16. The lowest BCUT2D eigenvalue weighted by molar-refractivity contribution is -0.915. The van der Waals surface area contributed by atoms with Crippen LogP contribution in [-0.4, -0.2) is 32.3 Å². The molecule has 88 valence electrons. The number of quaternary nitrogens is 1. The standard InChI is InChI=1S/C11H27N2.HI/c1-11(2)9-7-6-8-10-12-13(3,4)5;/h11-12H,6-10H2,1-5H3;1H/q+1;/p-1. The molecule has 0 rings (SSSR count). The van der Waals surface area contributed by atoms with E-state index in [1.807, 2.05) is 0 Å². The summed E-state index contributed by atoms with van der Waals surface area (Å²) in [6.07, 6.45) is 5.44. The number of rotatable bonds is 7. The van der Waals surface area contributed by atoms with Gasteiger partial charge in [-0.15, -0.1) is 0 Å². The van der Waals surface area contributed by atoms with Gasteiger partial charge in [-0.05, 0) is 12.3 Å². The Labute approximate surface area is 107 Å². The second kappa shape index (κ2) is 8.92. The minimum Gasteiger partial charge on any atom is -1.00 e. The maximum atomic E-state index is 3.45. The molecule has 0 radical (unpaired) electrons. The van der Waals surface area contributed by atoms with Crippen molar-refractivity contribution in [2.24, 2.45) is 5.92 Å². The van der Waals surface area contributed by atoms with Crippen molar-refractivity contribution >= 4 is 0 Å². The molecule has 0 fully saturated rings. The van der Waals surface area contributed by atoms with Crippen molar-refractivity contribution in [2.75, 3.05) is 27.7 Å². The van der Waals surface area contributed by atoms with Gasteiger partial charge < -0.3 is 24.0 Å². The third kappa shape index (κ3) is 15.1. The van der Waals surface area contributed by atoms with Gasteiger partial charge in [-0.25, -0.2) is 0 Å². The number of hydrogen-bond donors (Lipinski definition) is 1. The molecule has 0 unspecified atom stereocenters. The number of nitrogens with zero attached hydrogens (tertiary/aromatic N) is 1. The summed E-state index contributed by atoms with van der Waals surface area (Å²) in [5, 5.41) is 0. The predicted octanol–water partition coefficient (Wildman–Crippen LogP) is -0.582. The van der Waals surface area contributed by atoms with Crippen molar-refractivity contribution in [3.63, 3.8) is 0 Å². The van der Waals surface area contributed by atoms with E-state index >= 15 is 0 Å². The van der Waals surface area contributed by atoms with E-state index in [0.29, 0.717) is 0 Å². The Bertz CT molecular complexity index is 119. The van der Waals surface area contributed by atoms with Crippen molar-refractivity contribution < 1.29 is 28.6 Å². The van der Waals surface area contributed by atoms with Gasteiger partial charge in [-0.2, -0.15) is 5.43 Å². The molecule has 0 aliphatic carbocycles. The summed E-state index contributed by atoms with van der Waals surface area (Å²) in [7, 11) is 6.48. The minimum atomic E-state index is 0. The lowest BCUT2D eigenvalue weighted by Gasteiger charge is -2.23. The normalized spacial score (nSPS) is 11.6. The molecular formula is C11H27IN2. The summed E-state index contributed by atoms with van der Waals surface area (Å²) < 4.78 is 0.865. The van der Waals surface area contributed by atoms with Crippen LogP contribution in [0.25, 0.3) is 0 Å². The Balaban J connectivity index is 0. The van der Waals surface area contributed by atoms with E-state index < -0.39 is 0 Å². The van der Waals surface area contributed by atoms with E-state index in [0.717, 1.165) is 17.1 Å². The van der Waals surface area contributed by atoms with E-state index in [-0.39, 0.29) is 24.0 Å². The van der Waals surface area contributed by atoms with Crippen LogP contribution in [0.5, 0.6) is 0 Å². The van der Waals surface area contributed by atoms with Gasteiger partial charge in [0, 0.05) is 6.54 Å². The fourth-order valence-electron chi connectivity index (χ4n) is 1.27. The average molecular weight is 314 g/mol. The van der Waals surface area contributed by atoms with Crippen LogP contribution in [0, 0.1) is 5.92 Å². The third-order valence-electron chi connectivity index (χ3n) is 2.04. The molecule has 0 aromatic carbocycles. The molecule has 0 saturated heterocycles. The summed E-state index contributed by atoms with van der Waals surface area (Å²) in [5.41, 5.74) is 3.45. The summed E-state index contributed by atoms with van der Waals surface area (Å²) in [6, 6.07) is 0. The zero-order valence-electron chi connectivity index (χ0n) is 10.4. The Morgan fingerprint density at radius 2 is 1.57 bits per heavy atom. The molecule has 0 aliphatic rings. The van der Waals surface area contributed by atoms with E-state index in [1.54, 1.807) is 0 Å². The van der Waals surface area contributed by atoms with Crippen LogP contribution in [0.4, 0.5) is 0 Å². The van der Waals surface area contributed by atoms with Crippen LogP contribution >= 0.6 is 0 Å². The molecule has 0 spiro atoms. The zero-order valence-corrected chi connectivity index (χ0v) is 12.6. The molecule has 14 heavy (non-hydrogen) atoms. The van der Waals surface area contributed by atoms with Gasteiger partial charge >= 0.3 is 0 Å². The first-order valence-corrected chi connectivity index (χ1v) is 5.48. The topological polar surface area (TPSA) is 12.0 Å². The van der Waals surface area contributed by atoms with E-state index in [1.165, 1.54) is 25.7 Å². The van der Waals surface area contributed by atoms with Gasteiger partial charge in [0.05, 0.1) is 21.1 Å². The fraction of sp³-hybridized carbons (Fsp3) is 1.00. The second-order valence-corrected chi connectivity index (χ2v) is 5.16. The highest BCUT2D eigenvalue weighted by atomic mass is 127. The highest BCUT2D eigenvalue weighted by molar-refractivity contribution is 4.47. The van der Waals surface area contributed by atoms with Crippen molar-refractivity contribution in [2.45, 2.75) is 39.5 Å². The lowest BCUT2D eigenvalue weighted by atomic mass is 10.1. The van der Waals surface area contributed by atoms with Crippen LogP contribution in [-0.2, 0) is 0 Å². The van der Waals surface area contributed by atoms with Crippen molar-refractivity contribution in [1.82, 2.24) is 5.43 Å². The molecule has 3 heteroatoms. The fourth-order valence-corrected chi connectivity index (χ4v) is 1.27. The lowest BCUT2D eigenvalue weighted by Crippen LogP contribution is -3.00. The van der Waals surface area contributed by atoms with Gasteiger partial charge in [0.15, 0.2) is 0 Å². The Morgan fingerprint density at radius 1 is 1.00 bits per heavy atom. The average Bonchev–Trinajstić information content (AvgIpc) is 1.93. The summed E-state index contributed by atoms with van der Waals surface area (Å²) in [6.45, 7) is 5.73. The first-order valence-electron chi connectivity index (χ1n) is 5.48. The van der Waals surface area contributed by atoms with Gasteiger partial charge in [0.2, 0.25) is 0 Å². The first kappa shape index (κ1) is 17.1. The number of unbranched alkanes of at least 4 members (excludes halogenated alkanes) is 2. The molecule has 0 aromatic heterocycles. The van der Waals surface area contributed by atoms with Crippen LogP contribution in [0.2, 0.25) is 0 Å². The summed E-state index contributed by atoms with van der Waals surface area (Å²) >= 11 is 0. The molecule has 0 bridgehead atoms. The Morgan fingerprint density at radius 3 is 2.00 bits per heavy atom. The van der Waals surface area contributed by atoms with Crippen molar-refractivity contribution in [1.29, 1.82) is 0 Å². The first-order chi connectivity index (χ1) is 5.92. The van der Waals surface area contributed by atoms with E-state index in [4.69, 9.17) is 0 Å². The molecular weight excluding hydrogens is 287 g/mol. The molecule has 0 amide bonds. The third-order valence-corrected chi connectivity index (χ3v) is 2.04. The largest absolute Gasteiger partial charge is 1.00 e.